The lowest BCUT2D eigenvalue weighted by Gasteiger charge is -2.15. The van der Waals surface area contributed by atoms with Gasteiger partial charge in [0.05, 0.1) is 6.54 Å². The molecular formula is C14H23N5O2. The molecular weight excluding hydrogens is 270 g/mol. The highest BCUT2D eigenvalue weighted by molar-refractivity contribution is 5.94. The summed E-state index contributed by atoms with van der Waals surface area (Å²) >= 11 is 0. The van der Waals surface area contributed by atoms with E-state index in [1.165, 1.54) is 0 Å². The number of likely N-dealkylation sites (tertiary alicyclic amines) is 1. The smallest absolute Gasteiger partial charge is 0.317 e. The summed E-state index contributed by atoms with van der Waals surface area (Å²) in [4.78, 5) is 25.4. The quantitative estimate of drug-likeness (QED) is 0.787. The van der Waals surface area contributed by atoms with Crippen LogP contribution in [0.1, 0.15) is 43.9 Å². The van der Waals surface area contributed by atoms with Crippen molar-refractivity contribution in [1.29, 1.82) is 0 Å². The normalized spacial score (nSPS) is 14.6. The average molecular weight is 293 g/mol. The van der Waals surface area contributed by atoms with Gasteiger partial charge in [0.1, 0.15) is 0 Å². The number of urea groups is 1. The first-order valence-corrected chi connectivity index (χ1v) is 7.36. The highest BCUT2D eigenvalue weighted by Gasteiger charge is 2.19. The van der Waals surface area contributed by atoms with Crippen LogP contribution in [0, 0.1) is 6.92 Å². The van der Waals surface area contributed by atoms with Crippen LogP contribution < -0.4 is 10.6 Å². The van der Waals surface area contributed by atoms with Gasteiger partial charge in [-0.1, -0.05) is 13.8 Å². The number of carbonyl (C=O) groups excluding carboxylic acids is 2. The van der Waals surface area contributed by atoms with Crippen molar-refractivity contribution in [3.05, 3.63) is 11.3 Å². The summed E-state index contributed by atoms with van der Waals surface area (Å²) < 4.78 is 0. The van der Waals surface area contributed by atoms with Gasteiger partial charge in [-0.2, -0.15) is 5.10 Å². The fourth-order valence-electron chi connectivity index (χ4n) is 2.46. The molecule has 1 saturated heterocycles. The summed E-state index contributed by atoms with van der Waals surface area (Å²) in [6.45, 7) is 7.52. The highest BCUT2D eigenvalue weighted by atomic mass is 16.2. The molecule has 0 aliphatic carbocycles. The molecule has 0 unspecified atom stereocenters. The number of rotatable bonds is 4. The molecule has 1 aromatic heterocycles. The lowest BCUT2D eigenvalue weighted by molar-refractivity contribution is -0.115. The van der Waals surface area contributed by atoms with E-state index in [0.717, 1.165) is 37.2 Å². The second kappa shape index (κ2) is 6.60. The van der Waals surface area contributed by atoms with Gasteiger partial charge in [0.25, 0.3) is 0 Å². The van der Waals surface area contributed by atoms with Crippen molar-refractivity contribution >= 4 is 17.8 Å². The van der Waals surface area contributed by atoms with E-state index in [-0.39, 0.29) is 18.5 Å². The van der Waals surface area contributed by atoms with E-state index < -0.39 is 0 Å². The lowest BCUT2D eigenvalue weighted by Crippen LogP contribution is -2.41. The molecule has 1 aliphatic heterocycles. The second-order valence-electron chi connectivity index (χ2n) is 5.67. The minimum atomic E-state index is -0.271. The number of hydrogen-bond acceptors (Lipinski definition) is 3. The third-order valence-corrected chi connectivity index (χ3v) is 3.68. The summed E-state index contributed by atoms with van der Waals surface area (Å²) in [6, 6.07) is -0.177. The van der Waals surface area contributed by atoms with Crippen LogP contribution in [0.2, 0.25) is 0 Å². The maximum absolute atomic E-state index is 11.9. The number of anilines is 1. The molecule has 0 radical (unpaired) electrons. The van der Waals surface area contributed by atoms with E-state index >= 15 is 0 Å². The van der Waals surface area contributed by atoms with Gasteiger partial charge in [-0.05, 0) is 25.7 Å². The average Bonchev–Trinajstić information content (AvgIpc) is 3.07. The molecule has 0 saturated carbocycles. The molecule has 21 heavy (non-hydrogen) atoms. The molecule has 1 aliphatic rings. The van der Waals surface area contributed by atoms with Gasteiger partial charge in [-0.15, -0.1) is 0 Å². The Bertz CT molecular complexity index is 517. The second-order valence-corrected chi connectivity index (χ2v) is 5.67. The molecule has 7 heteroatoms. The summed E-state index contributed by atoms with van der Waals surface area (Å²) in [5.74, 6) is 0.574. The van der Waals surface area contributed by atoms with Crippen molar-refractivity contribution in [2.24, 2.45) is 0 Å². The number of carbonyl (C=O) groups is 2. The molecule has 1 aromatic rings. The molecule has 2 rings (SSSR count). The van der Waals surface area contributed by atoms with Crippen molar-refractivity contribution in [3.63, 3.8) is 0 Å². The number of nitrogens with one attached hydrogen (secondary N) is 3. The molecule has 7 nitrogen and oxygen atoms in total. The Hall–Kier alpha value is -2.05. The lowest BCUT2D eigenvalue weighted by atomic mass is 10.1. The monoisotopic (exact) mass is 293 g/mol. The SMILES string of the molecule is Cc1c(NC(=O)CNC(=O)N2CCCC2)n[nH]c1C(C)C. The molecule has 0 atom stereocenters. The predicted octanol–water partition coefficient (Wildman–Crippen LogP) is 1.59. The van der Waals surface area contributed by atoms with Gasteiger partial charge in [-0.3, -0.25) is 9.89 Å². The molecule has 1 fully saturated rings. The summed E-state index contributed by atoms with van der Waals surface area (Å²) in [5, 5.41) is 12.4. The first-order valence-electron chi connectivity index (χ1n) is 7.36. The Kier molecular flexibility index (Phi) is 4.82. The van der Waals surface area contributed by atoms with Crippen LogP contribution in [0.25, 0.3) is 0 Å². The van der Waals surface area contributed by atoms with Crippen LogP contribution in [-0.4, -0.2) is 46.7 Å². The van der Waals surface area contributed by atoms with Gasteiger partial charge in [0.15, 0.2) is 5.82 Å². The zero-order valence-corrected chi connectivity index (χ0v) is 12.8. The van der Waals surface area contributed by atoms with E-state index in [0.29, 0.717) is 11.7 Å². The van der Waals surface area contributed by atoms with Crippen molar-refractivity contribution in [3.8, 4) is 0 Å². The number of nitrogens with zero attached hydrogens (tertiary/aromatic N) is 2. The van der Waals surface area contributed by atoms with E-state index in [4.69, 9.17) is 0 Å². The maximum Gasteiger partial charge on any atom is 0.317 e. The Morgan fingerprint density at radius 2 is 2.00 bits per heavy atom. The molecule has 3 amide bonds. The minimum Gasteiger partial charge on any atom is -0.329 e. The Morgan fingerprint density at radius 1 is 1.33 bits per heavy atom. The van der Waals surface area contributed by atoms with E-state index in [9.17, 15) is 9.59 Å². The van der Waals surface area contributed by atoms with Crippen LogP contribution in [0.4, 0.5) is 10.6 Å². The van der Waals surface area contributed by atoms with Crippen molar-refractivity contribution in [2.45, 2.75) is 39.5 Å². The van der Waals surface area contributed by atoms with Crippen molar-refractivity contribution < 1.29 is 9.59 Å². The van der Waals surface area contributed by atoms with Crippen molar-refractivity contribution in [1.82, 2.24) is 20.4 Å². The zero-order chi connectivity index (χ0) is 15.4. The highest BCUT2D eigenvalue weighted by Crippen LogP contribution is 2.21. The van der Waals surface area contributed by atoms with E-state index in [1.807, 2.05) is 6.92 Å². The third kappa shape index (κ3) is 3.74. The molecule has 3 N–H and O–H groups in total. The van der Waals surface area contributed by atoms with Crippen LogP contribution in [0.5, 0.6) is 0 Å². The van der Waals surface area contributed by atoms with Crippen LogP contribution >= 0.6 is 0 Å². The van der Waals surface area contributed by atoms with Gasteiger partial charge in [0, 0.05) is 24.3 Å². The van der Waals surface area contributed by atoms with Crippen LogP contribution in [-0.2, 0) is 4.79 Å². The number of amides is 3. The van der Waals surface area contributed by atoms with E-state index in [2.05, 4.69) is 34.7 Å². The summed E-state index contributed by atoms with van der Waals surface area (Å²) in [6.07, 6.45) is 2.06. The molecule has 2 heterocycles. The first-order chi connectivity index (χ1) is 9.99. The minimum absolute atomic E-state index is 0.0430. The molecule has 0 bridgehead atoms. The molecule has 0 spiro atoms. The Morgan fingerprint density at radius 3 is 2.57 bits per heavy atom. The Balaban J connectivity index is 1.83. The van der Waals surface area contributed by atoms with Gasteiger partial charge in [-0.25, -0.2) is 4.79 Å². The largest absolute Gasteiger partial charge is 0.329 e. The zero-order valence-electron chi connectivity index (χ0n) is 12.8. The summed E-state index contributed by atoms with van der Waals surface area (Å²) in [7, 11) is 0. The van der Waals surface area contributed by atoms with Crippen LogP contribution in [0.15, 0.2) is 0 Å². The third-order valence-electron chi connectivity index (χ3n) is 3.68. The van der Waals surface area contributed by atoms with Gasteiger partial charge < -0.3 is 15.5 Å². The topological polar surface area (TPSA) is 90.1 Å². The summed E-state index contributed by atoms with van der Waals surface area (Å²) in [5.41, 5.74) is 1.94. The maximum atomic E-state index is 11.9. The van der Waals surface area contributed by atoms with Gasteiger partial charge in [0.2, 0.25) is 5.91 Å². The standard InChI is InChI=1S/C14H23N5O2/c1-9(2)12-10(3)13(18-17-12)16-11(20)8-15-14(21)19-6-4-5-7-19/h9H,4-8H2,1-3H3,(H,15,21)(H2,16,17,18,20). The van der Waals surface area contributed by atoms with Crippen LogP contribution in [0.3, 0.4) is 0 Å². The first kappa shape index (κ1) is 15.3. The Labute approximate surface area is 124 Å². The van der Waals surface area contributed by atoms with Gasteiger partial charge >= 0.3 is 6.03 Å². The fraction of sp³-hybridized carbons (Fsp3) is 0.643. The fourth-order valence-corrected chi connectivity index (χ4v) is 2.46. The predicted molar refractivity (Wildman–Crippen MR) is 80.2 cm³/mol. The number of H-pyrrole nitrogens is 1. The number of aromatic nitrogens is 2. The molecule has 116 valence electrons. The molecule has 0 aromatic carbocycles. The number of hydrogen-bond donors (Lipinski definition) is 3. The van der Waals surface area contributed by atoms with E-state index in [1.54, 1.807) is 4.90 Å². The van der Waals surface area contributed by atoms with Crippen molar-refractivity contribution in [2.75, 3.05) is 25.0 Å². The number of aromatic amines is 1.